The van der Waals surface area contributed by atoms with Crippen LogP contribution in [-0.2, 0) is 6.42 Å². The zero-order chi connectivity index (χ0) is 14.5. The molecule has 2 fully saturated rings. The van der Waals surface area contributed by atoms with E-state index in [1.807, 2.05) is 0 Å². The molecule has 0 N–H and O–H groups in total. The van der Waals surface area contributed by atoms with Crippen molar-refractivity contribution in [2.45, 2.75) is 71.1 Å². The van der Waals surface area contributed by atoms with E-state index in [4.69, 9.17) is 0 Å². The van der Waals surface area contributed by atoms with Gasteiger partial charge in [-0.1, -0.05) is 75.8 Å². The third kappa shape index (κ3) is 4.11. The van der Waals surface area contributed by atoms with Gasteiger partial charge in [0.2, 0.25) is 0 Å². The zero-order valence-electron chi connectivity index (χ0n) is 13.8. The van der Waals surface area contributed by atoms with Gasteiger partial charge < -0.3 is 0 Å². The first-order valence-corrected chi connectivity index (χ1v) is 9.37. The Morgan fingerprint density at radius 1 is 0.905 bits per heavy atom. The Bertz CT molecular complexity index is 401. The first-order valence-electron chi connectivity index (χ1n) is 9.37. The smallest absolute Gasteiger partial charge is 0.0276 e. The molecule has 21 heavy (non-hydrogen) atoms. The predicted octanol–water partition coefficient (Wildman–Crippen LogP) is 6.25. The fraction of sp³-hybridized carbons (Fsp3) is 0.714. The average molecular weight is 284 g/mol. The molecular formula is C21H32. The van der Waals surface area contributed by atoms with E-state index in [0.29, 0.717) is 0 Å². The maximum atomic E-state index is 2.49. The lowest BCUT2D eigenvalue weighted by Crippen LogP contribution is -2.31. The Morgan fingerprint density at radius 2 is 1.67 bits per heavy atom. The quantitative estimate of drug-likeness (QED) is 0.613. The lowest BCUT2D eigenvalue weighted by molar-refractivity contribution is 0.0960. The molecule has 2 saturated carbocycles. The van der Waals surface area contributed by atoms with Gasteiger partial charge in [0.25, 0.3) is 0 Å². The van der Waals surface area contributed by atoms with E-state index in [2.05, 4.69) is 37.3 Å². The lowest BCUT2D eigenvalue weighted by Gasteiger charge is -2.41. The molecule has 3 unspecified atom stereocenters. The monoisotopic (exact) mass is 284 g/mol. The van der Waals surface area contributed by atoms with E-state index in [1.165, 1.54) is 64.2 Å². The van der Waals surface area contributed by atoms with Gasteiger partial charge in [0.1, 0.15) is 0 Å². The van der Waals surface area contributed by atoms with Crippen LogP contribution in [0.2, 0.25) is 0 Å². The van der Waals surface area contributed by atoms with Crippen molar-refractivity contribution in [2.24, 2.45) is 23.7 Å². The van der Waals surface area contributed by atoms with Gasteiger partial charge in [-0.2, -0.15) is 0 Å². The third-order valence-electron chi connectivity index (χ3n) is 6.21. The summed E-state index contributed by atoms with van der Waals surface area (Å²) in [5, 5.41) is 0. The highest BCUT2D eigenvalue weighted by atomic mass is 14.4. The van der Waals surface area contributed by atoms with Gasteiger partial charge in [0.05, 0.1) is 0 Å². The van der Waals surface area contributed by atoms with E-state index in [9.17, 15) is 0 Å². The maximum absolute atomic E-state index is 2.49. The molecule has 0 aliphatic heterocycles. The van der Waals surface area contributed by atoms with Crippen LogP contribution in [0.15, 0.2) is 30.3 Å². The highest BCUT2D eigenvalue weighted by Gasteiger charge is 2.34. The van der Waals surface area contributed by atoms with Crippen LogP contribution in [0.5, 0.6) is 0 Å². The van der Waals surface area contributed by atoms with Gasteiger partial charge in [0.15, 0.2) is 0 Å². The Balaban J connectivity index is 1.60. The van der Waals surface area contributed by atoms with E-state index in [1.54, 1.807) is 5.56 Å². The maximum Gasteiger partial charge on any atom is -0.0276 e. The van der Waals surface area contributed by atoms with Crippen molar-refractivity contribution in [1.29, 1.82) is 0 Å². The molecule has 0 heterocycles. The normalized spacial score (nSPS) is 31.2. The first kappa shape index (κ1) is 15.1. The molecule has 0 nitrogen and oxygen atoms in total. The van der Waals surface area contributed by atoms with Gasteiger partial charge >= 0.3 is 0 Å². The van der Waals surface area contributed by atoms with E-state index in [0.717, 1.165) is 23.7 Å². The molecule has 2 aliphatic carbocycles. The van der Waals surface area contributed by atoms with Crippen molar-refractivity contribution in [3.8, 4) is 0 Å². The Kier molecular flexibility index (Phi) is 5.38. The fourth-order valence-corrected chi connectivity index (χ4v) is 4.98. The van der Waals surface area contributed by atoms with Gasteiger partial charge in [-0.25, -0.2) is 0 Å². The SMILES string of the molecule is CC1CCC(CCc2ccccc2)C(C2CCCCC2)C1. The Morgan fingerprint density at radius 3 is 2.43 bits per heavy atom. The van der Waals surface area contributed by atoms with Crippen molar-refractivity contribution < 1.29 is 0 Å². The molecule has 0 saturated heterocycles. The molecule has 0 bridgehead atoms. The molecule has 0 radical (unpaired) electrons. The number of benzene rings is 1. The summed E-state index contributed by atoms with van der Waals surface area (Å²) in [6.45, 7) is 2.49. The minimum Gasteiger partial charge on any atom is -0.0625 e. The van der Waals surface area contributed by atoms with Gasteiger partial charge in [-0.05, 0) is 54.9 Å². The number of aryl methyl sites for hydroxylation is 1. The third-order valence-corrected chi connectivity index (χ3v) is 6.21. The van der Waals surface area contributed by atoms with Crippen LogP contribution in [0.25, 0.3) is 0 Å². The number of hydrogen-bond donors (Lipinski definition) is 0. The molecule has 1 aromatic carbocycles. The number of rotatable bonds is 4. The molecule has 2 aliphatic rings. The second-order valence-electron chi connectivity index (χ2n) is 7.76. The van der Waals surface area contributed by atoms with E-state index >= 15 is 0 Å². The molecule has 0 spiro atoms. The molecule has 0 aromatic heterocycles. The zero-order valence-corrected chi connectivity index (χ0v) is 13.8. The molecule has 116 valence electrons. The largest absolute Gasteiger partial charge is 0.0625 e. The van der Waals surface area contributed by atoms with E-state index < -0.39 is 0 Å². The van der Waals surface area contributed by atoms with Crippen molar-refractivity contribution in [3.63, 3.8) is 0 Å². The summed E-state index contributed by atoms with van der Waals surface area (Å²) >= 11 is 0. The summed E-state index contributed by atoms with van der Waals surface area (Å²) in [4.78, 5) is 0. The molecule has 3 rings (SSSR count). The molecule has 0 amide bonds. The fourth-order valence-electron chi connectivity index (χ4n) is 4.98. The number of hydrogen-bond acceptors (Lipinski definition) is 0. The van der Waals surface area contributed by atoms with Crippen molar-refractivity contribution in [3.05, 3.63) is 35.9 Å². The minimum absolute atomic E-state index is 0.977. The van der Waals surface area contributed by atoms with Crippen LogP contribution in [-0.4, -0.2) is 0 Å². The molecule has 1 aromatic rings. The second kappa shape index (κ2) is 7.47. The van der Waals surface area contributed by atoms with Gasteiger partial charge in [-0.3, -0.25) is 0 Å². The highest BCUT2D eigenvalue weighted by molar-refractivity contribution is 5.14. The summed E-state index contributed by atoms with van der Waals surface area (Å²) in [5.41, 5.74) is 1.54. The summed E-state index contributed by atoms with van der Waals surface area (Å²) in [7, 11) is 0. The molecular weight excluding hydrogens is 252 g/mol. The van der Waals surface area contributed by atoms with Crippen LogP contribution in [0.1, 0.15) is 70.3 Å². The molecule has 0 heteroatoms. The molecule has 3 atom stereocenters. The van der Waals surface area contributed by atoms with Gasteiger partial charge in [0, 0.05) is 0 Å². The average Bonchev–Trinajstić information content (AvgIpc) is 2.55. The van der Waals surface area contributed by atoms with Crippen LogP contribution >= 0.6 is 0 Å². The second-order valence-corrected chi connectivity index (χ2v) is 7.76. The van der Waals surface area contributed by atoms with Gasteiger partial charge in [-0.15, -0.1) is 0 Å². The van der Waals surface area contributed by atoms with Crippen molar-refractivity contribution in [2.75, 3.05) is 0 Å². The first-order chi connectivity index (χ1) is 10.3. The summed E-state index contributed by atoms with van der Waals surface area (Å²) in [5.74, 6) is 4.08. The Hall–Kier alpha value is -0.780. The summed E-state index contributed by atoms with van der Waals surface area (Å²) in [6.07, 6.45) is 14.8. The summed E-state index contributed by atoms with van der Waals surface area (Å²) in [6, 6.07) is 11.1. The standard InChI is InChI=1S/C21H32/c1-17-12-14-20(15-13-18-8-4-2-5-9-18)21(16-17)19-10-6-3-7-11-19/h2,4-5,8-9,17,19-21H,3,6-7,10-16H2,1H3. The summed E-state index contributed by atoms with van der Waals surface area (Å²) < 4.78 is 0. The van der Waals surface area contributed by atoms with Crippen LogP contribution in [0.4, 0.5) is 0 Å². The predicted molar refractivity (Wildman–Crippen MR) is 91.3 cm³/mol. The Labute approximate surface area is 131 Å². The van der Waals surface area contributed by atoms with Crippen LogP contribution < -0.4 is 0 Å². The van der Waals surface area contributed by atoms with Crippen LogP contribution in [0.3, 0.4) is 0 Å². The topological polar surface area (TPSA) is 0 Å². The van der Waals surface area contributed by atoms with Crippen molar-refractivity contribution in [1.82, 2.24) is 0 Å². The lowest BCUT2D eigenvalue weighted by atomic mass is 9.64. The minimum atomic E-state index is 0.977. The van der Waals surface area contributed by atoms with E-state index in [-0.39, 0.29) is 0 Å². The highest BCUT2D eigenvalue weighted by Crippen LogP contribution is 2.44. The van der Waals surface area contributed by atoms with Crippen LogP contribution in [0, 0.1) is 23.7 Å². The van der Waals surface area contributed by atoms with Crippen molar-refractivity contribution >= 4 is 0 Å².